The lowest BCUT2D eigenvalue weighted by atomic mass is 9.83. The van der Waals surface area contributed by atoms with E-state index in [1.165, 1.54) is 13.2 Å². The van der Waals surface area contributed by atoms with Crippen LogP contribution in [0.3, 0.4) is 0 Å². The highest BCUT2D eigenvalue weighted by Crippen LogP contribution is 2.30. The van der Waals surface area contributed by atoms with Crippen molar-refractivity contribution in [2.45, 2.75) is 25.4 Å². The van der Waals surface area contributed by atoms with Crippen molar-refractivity contribution in [2.24, 2.45) is 0 Å². The van der Waals surface area contributed by atoms with Crippen molar-refractivity contribution in [1.29, 1.82) is 0 Å². The van der Waals surface area contributed by atoms with E-state index in [-0.39, 0.29) is 5.78 Å². The number of carbonyl (C=O) groups excluding carboxylic acids is 1. The maximum absolute atomic E-state index is 11.5. The monoisotopic (exact) mass is 182 g/mol. The van der Waals surface area contributed by atoms with Gasteiger partial charge in [-0.2, -0.15) is 0 Å². The summed E-state index contributed by atoms with van der Waals surface area (Å²) in [7, 11) is 1.52. The average Bonchev–Trinajstić information content (AvgIpc) is 2.19. The summed E-state index contributed by atoms with van der Waals surface area (Å²) >= 11 is 0. The Labute approximate surface area is 77.7 Å². The van der Waals surface area contributed by atoms with Crippen LogP contribution in [0.1, 0.15) is 19.8 Å². The summed E-state index contributed by atoms with van der Waals surface area (Å²) in [5.74, 6) is -0.0249. The highest BCUT2D eigenvalue weighted by Gasteiger charge is 2.37. The highest BCUT2D eigenvalue weighted by atomic mass is 16.5. The maximum atomic E-state index is 11.5. The molecule has 1 aliphatic rings. The third-order valence-electron chi connectivity index (χ3n) is 2.52. The molecular weight excluding hydrogens is 168 g/mol. The molecule has 3 heteroatoms. The van der Waals surface area contributed by atoms with Crippen LogP contribution in [-0.2, 0) is 9.53 Å². The summed E-state index contributed by atoms with van der Waals surface area (Å²) in [6, 6.07) is 0. The number of ether oxygens (including phenoxy) is 1. The fourth-order valence-corrected chi connectivity index (χ4v) is 1.52. The van der Waals surface area contributed by atoms with Crippen molar-refractivity contribution in [3.8, 4) is 0 Å². The molecule has 1 aliphatic carbocycles. The second-order valence-corrected chi connectivity index (χ2v) is 3.13. The van der Waals surface area contributed by atoms with Crippen LogP contribution in [-0.4, -0.2) is 23.6 Å². The van der Waals surface area contributed by atoms with Crippen molar-refractivity contribution in [3.63, 3.8) is 0 Å². The molecule has 0 amide bonds. The van der Waals surface area contributed by atoms with Crippen molar-refractivity contribution in [2.75, 3.05) is 7.11 Å². The minimum absolute atomic E-state index is 0.0249. The first-order valence-electron chi connectivity index (χ1n) is 4.29. The van der Waals surface area contributed by atoms with Gasteiger partial charge in [-0.05, 0) is 18.1 Å². The lowest BCUT2D eigenvalue weighted by Gasteiger charge is -2.31. The van der Waals surface area contributed by atoms with Crippen LogP contribution in [0.5, 0.6) is 0 Å². The fraction of sp³-hybridized carbons (Fsp3) is 0.500. The molecule has 0 bridgehead atoms. The Bertz CT molecular complexity index is 259. The first-order chi connectivity index (χ1) is 6.18. The molecule has 0 aromatic rings. The number of ketones is 1. The summed E-state index contributed by atoms with van der Waals surface area (Å²) in [5, 5.41) is 8.82. The summed E-state index contributed by atoms with van der Waals surface area (Å²) in [6.07, 6.45) is 5.16. The van der Waals surface area contributed by atoms with Gasteiger partial charge < -0.3 is 9.84 Å². The lowest BCUT2D eigenvalue weighted by molar-refractivity contribution is -0.136. The van der Waals surface area contributed by atoms with E-state index in [0.717, 1.165) is 11.8 Å². The molecular formula is C10H14O3. The number of carbonyl (C=O) groups is 1. The second kappa shape index (κ2) is 3.75. The first-order valence-corrected chi connectivity index (χ1v) is 4.29. The Hall–Kier alpha value is -1.09. The number of aliphatic hydroxyl groups excluding tert-OH is 1. The molecule has 0 saturated carbocycles. The van der Waals surface area contributed by atoms with Crippen LogP contribution in [0.25, 0.3) is 0 Å². The number of hydrogen-bond donors (Lipinski definition) is 1. The van der Waals surface area contributed by atoms with Gasteiger partial charge in [-0.15, -0.1) is 0 Å². The van der Waals surface area contributed by atoms with Crippen molar-refractivity contribution >= 4 is 5.78 Å². The number of methoxy groups -OCH3 is 1. The van der Waals surface area contributed by atoms with Gasteiger partial charge >= 0.3 is 0 Å². The Morgan fingerprint density at radius 2 is 2.38 bits per heavy atom. The van der Waals surface area contributed by atoms with E-state index in [1.54, 1.807) is 6.08 Å². The van der Waals surface area contributed by atoms with Gasteiger partial charge in [-0.3, -0.25) is 4.79 Å². The average molecular weight is 182 g/mol. The largest absolute Gasteiger partial charge is 0.515 e. The fourth-order valence-electron chi connectivity index (χ4n) is 1.52. The molecule has 72 valence electrons. The van der Waals surface area contributed by atoms with Gasteiger partial charge in [0.25, 0.3) is 0 Å². The molecule has 1 N–H and O–H groups in total. The van der Waals surface area contributed by atoms with Crippen molar-refractivity contribution in [3.05, 3.63) is 24.0 Å². The second-order valence-electron chi connectivity index (χ2n) is 3.13. The first kappa shape index (κ1) is 9.99. The standard InChI is InChI=1S/C10H14O3/c1-3-10(13-2)6-8(7-11)4-5-9(10)12/h4-5,7,11H,3,6H2,1-2H3/b8-7+. The highest BCUT2D eigenvalue weighted by molar-refractivity contribution is 5.99. The summed E-state index contributed by atoms with van der Waals surface area (Å²) in [6.45, 7) is 1.90. The predicted molar refractivity (Wildman–Crippen MR) is 49.5 cm³/mol. The third-order valence-corrected chi connectivity index (χ3v) is 2.52. The molecule has 0 heterocycles. The van der Waals surface area contributed by atoms with E-state index in [1.807, 2.05) is 6.92 Å². The number of rotatable bonds is 2. The minimum Gasteiger partial charge on any atom is -0.515 e. The van der Waals surface area contributed by atoms with Gasteiger partial charge in [0.05, 0.1) is 6.26 Å². The van der Waals surface area contributed by atoms with E-state index < -0.39 is 5.60 Å². The van der Waals surface area contributed by atoms with Gasteiger partial charge in [0, 0.05) is 13.5 Å². The Balaban J connectivity index is 2.99. The van der Waals surface area contributed by atoms with Crippen molar-refractivity contribution < 1.29 is 14.6 Å². The van der Waals surface area contributed by atoms with Gasteiger partial charge in [-0.25, -0.2) is 0 Å². The normalized spacial score (nSPS) is 31.2. The summed E-state index contributed by atoms with van der Waals surface area (Å²) in [4.78, 5) is 11.5. The summed E-state index contributed by atoms with van der Waals surface area (Å²) < 4.78 is 5.22. The third kappa shape index (κ3) is 1.65. The summed E-state index contributed by atoms with van der Waals surface area (Å²) in [5.41, 5.74) is -0.0353. The van der Waals surface area contributed by atoms with Gasteiger partial charge in [-0.1, -0.05) is 13.0 Å². The molecule has 1 atom stereocenters. The Morgan fingerprint density at radius 3 is 2.85 bits per heavy atom. The predicted octanol–water partition coefficient (Wildman–Crippen LogP) is 1.75. The molecule has 0 radical (unpaired) electrons. The molecule has 0 fully saturated rings. The smallest absolute Gasteiger partial charge is 0.187 e. The van der Waals surface area contributed by atoms with E-state index in [0.29, 0.717) is 12.8 Å². The van der Waals surface area contributed by atoms with Crippen LogP contribution < -0.4 is 0 Å². The Morgan fingerprint density at radius 1 is 1.69 bits per heavy atom. The van der Waals surface area contributed by atoms with Crippen molar-refractivity contribution in [1.82, 2.24) is 0 Å². The van der Waals surface area contributed by atoms with Gasteiger partial charge in [0.15, 0.2) is 5.78 Å². The number of allylic oxidation sites excluding steroid dienone is 1. The molecule has 0 spiro atoms. The van der Waals surface area contributed by atoms with E-state index in [9.17, 15) is 4.79 Å². The quantitative estimate of drug-likeness (QED) is 0.662. The van der Waals surface area contributed by atoms with E-state index in [2.05, 4.69) is 0 Å². The SMILES string of the molecule is CCC1(OC)C/C(=C/O)C=CC1=O. The van der Waals surface area contributed by atoms with Crippen LogP contribution in [0.15, 0.2) is 24.0 Å². The number of aliphatic hydroxyl groups is 1. The molecule has 13 heavy (non-hydrogen) atoms. The Kier molecular flexibility index (Phi) is 2.88. The zero-order valence-electron chi connectivity index (χ0n) is 7.91. The molecule has 0 saturated heterocycles. The molecule has 0 aromatic carbocycles. The van der Waals surface area contributed by atoms with E-state index >= 15 is 0 Å². The lowest BCUT2D eigenvalue weighted by Crippen LogP contribution is -2.41. The van der Waals surface area contributed by atoms with Crippen LogP contribution >= 0.6 is 0 Å². The van der Waals surface area contributed by atoms with Crippen LogP contribution in [0, 0.1) is 0 Å². The molecule has 0 aliphatic heterocycles. The molecule has 1 rings (SSSR count). The zero-order valence-corrected chi connectivity index (χ0v) is 7.91. The van der Waals surface area contributed by atoms with Gasteiger partial charge in [0.1, 0.15) is 5.60 Å². The van der Waals surface area contributed by atoms with Gasteiger partial charge in [0.2, 0.25) is 0 Å². The topological polar surface area (TPSA) is 46.5 Å². The van der Waals surface area contributed by atoms with Crippen LogP contribution in [0.2, 0.25) is 0 Å². The molecule has 3 nitrogen and oxygen atoms in total. The minimum atomic E-state index is -0.761. The molecule has 1 unspecified atom stereocenters. The zero-order chi connectivity index (χ0) is 9.90. The molecule has 0 aromatic heterocycles. The maximum Gasteiger partial charge on any atom is 0.187 e. The number of hydrogen-bond acceptors (Lipinski definition) is 3. The van der Waals surface area contributed by atoms with Crippen LogP contribution in [0.4, 0.5) is 0 Å². The van der Waals surface area contributed by atoms with E-state index in [4.69, 9.17) is 9.84 Å².